The number of benzene rings is 1. The summed E-state index contributed by atoms with van der Waals surface area (Å²) in [6.07, 6.45) is 1.60. The molecule has 0 amide bonds. The molecule has 96 valence electrons. The summed E-state index contributed by atoms with van der Waals surface area (Å²) in [6, 6.07) is 4.52. The highest BCUT2D eigenvalue weighted by atomic mass is 35.5. The lowest BCUT2D eigenvalue weighted by Crippen LogP contribution is -2.22. The molecule has 0 fully saturated rings. The molecule has 0 atom stereocenters. The van der Waals surface area contributed by atoms with Crippen molar-refractivity contribution >= 4 is 17.4 Å². The van der Waals surface area contributed by atoms with Crippen molar-refractivity contribution in [3.63, 3.8) is 0 Å². The van der Waals surface area contributed by atoms with Crippen LogP contribution in [-0.2, 0) is 5.54 Å². The van der Waals surface area contributed by atoms with Gasteiger partial charge in [-0.2, -0.15) is 0 Å². The van der Waals surface area contributed by atoms with Crippen LogP contribution < -0.4 is 5.73 Å². The van der Waals surface area contributed by atoms with Crippen molar-refractivity contribution in [1.82, 2.24) is 9.55 Å². The number of nitrogens with two attached hydrogens (primary N) is 1. The first kappa shape index (κ1) is 12.9. The second-order valence-electron chi connectivity index (χ2n) is 5.12. The molecule has 1 heterocycles. The van der Waals surface area contributed by atoms with Crippen molar-refractivity contribution in [3.05, 3.63) is 35.4 Å². The number of rotatable bonds is 1. The summed E-state index contributed by atoms with van der Waals surface area (Å²) in [5.74, 6) is -0.0112. The Hall–Kier alpha value is -1.55. The third-order valence-corrected chi connectivity index (χ3v) is 3.04. The van der Waals surface area contributed by atoms with Crippen LogP contribution in [0.15, 0.2) is 24.5 Å². The normalized spacial score (nSPS) is 11.8. The first-order chi connectivity index (χ1) is 8.32. The van der Waals surface area contributed by atoms with Crippen molar-refractivity contribution in [2.75, 3.05) is 5.73 Å². The van der Waals surface area contributed by atoms with E-state index < -0.39 is 5.82 Å². The smallest absolute Gasteiger partial charge is 0.134 e. The lowest BCUT2D eigenvalue weighted by molar-refractivity contribution is 0.402. The Bertz CT molecular complexity index is 564. The van der Waals surface area contributed by atoms with E-state index in [-0.39, 0.29) is 11.1 Å². The molecule has 0 spiro atoms. The van der Waals surface area contributed by atoms with E-state index in [1.165, 1.54) is 6.07 Å². The van der Waals surface area contributed by atoms with Crippen molar-refractivity contribution in [3.8, 4) is 11.3 Å². The minimum absolute atomic E-state index is 0.215. The van der Waals surface area contributed by atoms with Crippen LogP contribution in [0.3, 0.4) is 0 Å². The predicted molar refractivity (Wildman–Crippen MR) is 72.0 cm³/mol. The van der Waals surface area contributed by atoms with Crippen LogP contribution in [0.1, 0.15) is 20.8 Å². The Morgan fingerprint density at radius 3 is 2.50 bits per heavy atom. The molecule has 0 aliphatic heterocycles. The number of aromatic nitrogens is 2. The molecular weight excluding hydrogens is 253 g/mol. The lowest BCUT2D eigenvalue weighted by Gasteiger charge is -2.22. The van der Waals surface area contributed by atoms with Crippen LogP contribution >= 0.6 is 11.6 Å². The summed E-state index contributed by atoms with van der Waals surface area (Å²) in [7, 11) is 0. The van der Waals surface area contributed by atoms with E-state index in [0.717, 1.165) is 0 Å². The molecule has 2 aromatic rings. The highest BCUT2D eigenvalue weighted by Crippen LogP contribution is 2.34. The van der Waals surface area contributed by atoms with Crippen molar-refractivity contribution < 1.29 is 4.39 Å². The molecule has 1 aromatic heterocycles. The fraction of sp³-hybridized carbons (Fsp3) is 0.308. The highest BCUT2D eigenvalue weighted by Gasteiger charge is 2.22. The summed E-state index contributed by atoms with van der Waals surface area (Å²) in [6.45, 7) is 5.99. The molecule has 0 aliphatic rings. The Morgan fingerprint density at radius 1 is 1.33 bits per heavy atom. The maximum Gasteiger partial charge on any atom is 0.134 e. The van der Waals surface area contributed by atoms with Crippen LogP contribution in [0.2, 0.25) is 5.02 Å². The average molecular weight is 268 g/mol. The molecule has 2 N–H and O–H groups in total. The number of halogens is 2. The first-order valence-corrected chi connectivity index (χ1v) is 5.98. The molecule has 0 saturated carbocycles. The minimum Gasteiger partial charge on any atom is -0.383 e. The molecule has 18 heavy (non-hydrogen) atoms. The highest BCUT2D eigenvalue weighted by molar-refractivity contribution is 6.33. The standard InChI is InChI=1S/C13H15ClFN3/c1-13(2,3)18-7-17-11(12(18)16)10-8(14)5-4-6-9(10)15/h4-7H,16H2,1-3H3. The zero-order chi connectivity index (χ0) is 13.5. The second kappa shape index (κ2) is 4.28. The topological polar surface area (TPSA) is 43.8 Å². The maximum absolute atomic E-state index is 13.8. The minimum atomic E-state index is -0.423. The predicted octanol–water partition coefficient (Wildman–Crippen LogP) is 3.68. The van der Waals surface area contributed by atoms with E-state index >= 15 is 0 Å². The van der Waals surface area contributed by atoms with Gasteiger partial charge in [0.1, 0.15) is 17.3 Å². The van der Waals surface area contributed by atoms with Gasteiger partial charge in [0.2, 0.25) is 0 Å². The third-order valence-electron chi connectivity index (χ3n) is 2.73. The van der Waals surface area contributed by atoms with Crippen molar-refractivity contribution in [2.45, 2.75) is 26.3 Å². The zero-order valence-electron chi connectivity index (χ0n) is 10.5. The van der Waals surface area contributed by atoms with Crippen LogP contribution in [0.25, 0.3) is 11.3 Å². The van der Waals surface area contributed by atoms with Gasteiger partial charge in [0, 0.05) is 5.54 Å². The quantitative estimate of drug-likeness (QED) is 0.857. The summed E-state index contributed by atoms with van der Waals surface area (Å²) in [5.41, 5.74) is 6.45. The number of nitrogens with zero attached hydrogens (tertiary/aromatic N) is 2. The van der Waals surface area contributed by atoms with Gasteiger partial charge in [-0.3, -0.25) is 0 Å². The van der Waals surface area contributed by atoms with Gasteiger partial charge in [0.25, 0.3) is 0 Å². The van der Waals surface area contributed by atoms with E-state index in [1.54, 1.807) is 23.0 Å². The summed E-state index contributed by atoms with van der Waals surface area (Å²) in [4.78, 5) is 4.19. The fourth-order valence-corrected chi connectivity index (χ4v) is 2.06. The third kappa shape index (κ3) is 2.08. The van der Waals surface area contributed by atoms with Gasteiger partial charge in [-0.15, -0.1) is 0 Å². The van der Waals surface area contributed by atoms with Crippen molar-refractivity contribution in [2.24, 2.45) is 0 Å². The van der Waals surface area contributed by atoms with Gasteiger partial charge >= 0.3 is 0 Å². The molecule has 0 aliphatic carbocycles. The summed E-state index contributed by atoms with van der Waals surface area (Å²) in [5, 5.41) is 0.306. The van der Waals surface area contributed by atoms with Gasteiger partial charge < -0.3 is 10.3 Å². The molecule has 0 saturated heterocycles. The largest absolute Gasteiger partial charge is 0.383 e. The number of nitrogen functional groups attached to an aromatic ring is 1. The SMILES string of the molecule is CC(C)(C)n1cnc(-c2c(F)cccc2Cl)c1N. The van der Waals surface area contributed by atoms with Gasteiger partial charge in [-0.1, -0.05) is 17.7 Å². The number of hydrogen-bond acceptors (Lipinski definition) is 2. The van der Waals surface area contributed by atoms with Crippen LogP contribution in [0.5, 0.6) is 0 Å². The van der Waals surface area contributed by atoms with Crippen LogP contribution in [-0.4, -0.2) is 9.55 Å². The van der Waals surface area contributed by atoms with E-state index in [4.69, 9.17) is 17.3 Å². The van der Waals surface area contributed by atoms with Gasteiger partial charge in [0.05, 0.1) is 16.9 Å². The molecule has 0 bridgehead atoms. The van der Waals surface area contributed by atoms with Crippen molar-refractivity contribution in [1.29, 1.82) is 0 Å². The zero-order valence-corrected chi connectivity index (χ0v) is 11.3. The molecule has 5 heteroatoms. The van der Waals surface area contributed by atoms with Crippen LogP contribution in [0, 0.1) is 5.82 Å². The van der Waals surface area contributed by atoms with E-state index in [2.05, 4.69) is 4.98 Å². The Morgan fingerprint density at radius 2 is 2.00 bits per heavy atom. The molecule has 3 nitrogen and oxygen atoms in total. The average Bonchev–Trinajstić information content (AvgIpc) is 2.60. The van der Waals surface area contributed by atoms with Gasteiger partial charge in [-0.25, -0.2) is 9.37 Å². The van der Waals surface area contributed by atoms with E-state index in [1.807, 2.05) is 20.8 Å². The maximum atomic E-state index is 13.8. The second-order valence-corrected chi connectivity index (χ2v) is 5.52. The fourth-order valence-electron chi connectivity index (χ4n) is 1.81. The first-order valence-electron chi connectivity index (χ1n) is 5.60. The Balaban J connectivity index is 2.64. The van der Waals surface area contributed by atoms with E-state index in [0.29, 0.717) is 16.5 Å². The number of anilines is 1. The summed E-state index contributed by atoms with van der Waals surface area (Å²) >= 11 is 6.01. The summed E-state index contributed by atoms with van der Waals surface area (Å²) < 4.78 is 15.6. The molecule has 1 aromatic carbocycles. The number of imidazole rings is 1. The van der Waals surface area contributed by atoms with Gasteiger partial charge in [-0.05, 0) is 32.9 Å². The molecule has 0 radical (unpaired) electrons. The number of hydrogen-bond donors (Lipinski definition) is 1. The molecule has 2 rings (SSSR count). The van der Waals surface area contributed by atoms with Gasteiger partial charge in [0.15, 0.2) is 0 Å². The lowest BCUT2D eigenvalue weighted by atomic mass is 10.1. The Kier molecular flexibility index (Phi) is 3.07. The van der Waals surface area contributed by atoms with Crippen LogP contribution in [0.4, 0.5) is 10.2 Å². The molecular formula is C13H15ClFN3. The Labute approximate surface area is 110 Å². The monoisotopic (exact) mass is 267 g/mol. The molecule has 0 unspecified atom stereocenters. The van der Waals surface area contributed by atoms with E-state index in [9.17, 15) is 4.39 Å².